The molecule has 27 nitrogen and oxygen atoms in total. The SMILES string of the molecule is CC(C)(C)C[C@H](NC(=O)[C@H](Cc1ccccc1)NC(=O)/C=C/c1ccccc1)C(=O)N[C@@H](Cc1ccccc1)C(=O)N[C@@H](CC(C)(C)C)C(=O)N[C@@H](Cc1ccccc1)C(=O)N[C@@H](CCCCNC(=O)CN1CCN(CC(=O)[O-])CCN(CC(=O)[O-])CCN(CC(=O)[O-])CC1)C(N)=O.O.[Gd+3]. The number of hydrogen-bond acceptors (Lipinski definition) is 18. The second-order valence-corrected chi connectivity index (χ2v) is 27.2. The van der Waals surface area contributed by atoms with Crippen molar-refractivity contribution in [3.63, 3.8) is 0 Å². The molecule has 11 N–H and O–H groups in total. The van der Waals surface area contributed by atoms with Gasteiger partial charge in [0.15, 0.2) is 0 Å². The number of carboxylic acids is 3. The third kappa shape index (κ3) is 34.8. The number of unbranched alkanes of at least 4 members (excludes halogenated alkanes) is 1. The average molecular weight is 1530 g/mol. The van der Waals surface area contributed by atoms with Crippen LogP contribution in [0.15, 0.2) is 127 Å². The molecule has 1 radical (unpaired) electrons. The summed E-state index contributed by atoms with van der Waals surface area (Å²) in [5.74, 6) is -9.44. The molecule has 100 heavy (non-hydrogen) atoms. The molecule has 1 aliphatic heterocycles. The van der Waals surface area contributed by atoms with E-state index in [1.807, 2.05) is 102 Å². The van der Waals surface area contributed by atoms with Gasteiger partial charge in [0.25, 0.3) is 0 Å². The molecule has 1 aliphatic rings. The summed E-state index contributed by atoms with van der Waals surface area (Å²) in [6, 6.07) is 28.4. The van der Waals surface area contributed by atoms with Crippen LogP contribution in [0, 0.1) is 50.8 Å². The van der Waals surface area contributed by atoms with Crippen molar-refractivity contribution in [2.45, 2.75) is 129 Å². The maximum absolute atomic E-state index is 14.9. The first kappa shape index (κ1) is 86.1. The summed E-state index contributed by atoms with van der Waals surface area (Å²) in [4.78, 5) is 155. The zero-order chi connectivity index (χ0) is 71.8. The average Bonchev–Trinajstić information content (AvgIpc) is 0.836. The second-order valence-electron chi connectivity index (χ2n) is 27.2. The molecule has 6 atom stereocenters. The van der Waals surface area contributed by atoms with Crippen molar-refractivity contribution >= 4 is 71.2 Å². The van der Waals surface area contributed by atoms with Gasteiger partial charge in [0, 0.05) is 104 Å². The van der Waals surface area contributed by atoms with Gasteiger partial charge in [0.2, 0.25) is 47.3 Å². The van der Waals surface area contributed by atoms with Gasteiger partial charge in [0.1, 0.15) is 36.3 Å². The van der Waals surface area contributed by atoms with E-state index in [4.69, 9.17) is 5.73 Å². The van der Waals surface area contributed by atoms with Crippen molar-refractivity contribution in [3.8, 4) is 0 Å². The van der Waals surface area contributed by atoms with Gasteiger partial charge in [-0.05, 0) is 71.3 Å². The van der Waals surface area contributed by atoms with E-state index in [1.165, 1.54) is 11.0 Å². The number of hydrogen-bond donors (Lipinski definition) is 8. The second kappa shape index (κ2) is 44.2. The maximum Gasteiger partial charge on any atom is 3.00 e. The summed E-state index contributed by atoms with van der Waals surface area (Å²) in [6.07, 6.45) is 3.74. The third-order valence-electron chi connectivity index (χ3n) is 16.1. The molecule has 1 fully saturated rings. The molecular weight excluding hydrogens is 1430 g/mol. The number of amides is 8. The summed E-state index contributed by atoms with van der Waals surface area (Å²) >= 11 is 0. The first-order valence-electron chi connectivity index (χ1n) is 33.2. The van der Waals surface area contributed by atoms with Gasteiger partial charge in [0.05, 0.1) is 24.5 Å². The van der Waals surface area contributed by atoms with Crippen LogP contribution >= 0.6 is 0 Å². The number of nitrogens with two attached hydrogens (primary N) is 1. The number of carbonyl (C=O) groups excluding carboxylic acids is 11. The number of nitrogens with zero attached hydrogens (tertiary/aromatic N) is 4. The molecule has 28 heteroatoms. The molecule has 5 rings (SSSR count). The van der Waals surface area contributed by atoms with Gasteiger partial charge in [-0.15, -0.1) is 0 Å². The molecule has 0 unspecified atom stereocenters. The van der Waals surface area contributed by atoms with Gasteiger partial charge in [-0.1, -0.05) is 163 Å². The van der Waals surface area contributed by atoms with Crippen molar-refractivity contribution in [2.75, 3.05) is 85.1 Å². The fraction of sp³-hybridized carbons (Fsp3) is 0.486. The maximum atomic E-state index is 14.9. The van der Waals surface area contributed by atoms with E-state index in [0.717, 1.165) is 11.1 Å². The van der Waals surface area contributed by atoms with Crippen LogP contribution in [0.1, 0.15) is 95.9 Å². The normalized spacial score (nSPS) is 15.5. The third-order valence-corrected chi connectivity index (χ3v) is 16.1. The monoisotopic (exact) mass is 1530 g/mol. The Balaban J connectivity index is 0.0000130. The van der Waals surface area contributed by atoms with Gasteiger partial charge in [-0.25, -0.2) is 0 Å². The van der Waals surface area contributed by atoms with Crippen LogP contribution in [0.3, 0.4) is 0 Å². The molecule has 1 saturated heterocycles. The zero-order valence-corrected chi connectivity index (χ0v) is 60.2. The molecule has 1 heterocycles. The van der Waals surface area contributed by atoms with E-state index in [0.29, 0.717) is 17.5 Å². The quantitative estimate of drug-likeness (QED) is 0.0176. The molecule has 4 aromatic carbocycles. The number of rotatable bonds is 35. The van der Waals surface area contributed by atoms with Crippen molar-refractivity contribution in [3.05, 3.63) is 150 Å². The minimum absolute atomic E-state index is 0. The molecule has 0 spiro atoms. The summed E-state index contributed by atoms with van der Waals surface area (Å²) in [5, 5.41) is 54.6. The van der Waals surface area contributed by atoms with E-state index in [1.54, 1.807) is 81.4 Å². The predicted molar refractivity (Wildman–Crippen MR) is 366 cm³/mol. The van der Waals surface area contributed by atoms with Crippen molar-refractivity contribution in [1.29, 1.82) is 0 Å². The van der Waals surface area contributed by atoms with E-state index in [-0.39, 0.29) is 156 Å². The Morgan fingerprint density at radius 2 is 0.730 bits per heavy atom. The Labute approximate surface area is 617 Å². The number of carbonyl (C=O) groups is 11. The minimum atomic E-state index is -1.35. The number of aliphatic carboxylic acids is 3. The number of benzene rings is 4. The van der Waals surface area contributed by atoms with E-state index >= 15 is 0 Å². The van der Waals surface area contributed by atoms with Gasteiger partial charge >= 0.3 is 39.9 Å². The molecule has 0 aromatic heterocycles. The van der Waals surface area contributed by atoms with E-state index in [2.05, 4.69) is 37.2 Å². The molecule has 0 aliphatic carbocycles. The van der Waals surface area contributed by atoms with Gasteiger partial charge in [-0.2, -0.15) is 0 Å². The van der Waals surface area contributed by atoms with E-state index < -0.39 is 132 Å². The summed E-state index contributed by atoms with van der Waals surface area (Å²) < 4.78 is 0. The van der Waals surface area contributed by atoms with Gasteiger partial charge in [-0.3, -0.25) is 58.0 Å². The molecule has 0 saturated carbocycles. The Hall–Kier alpha value is -8.09. The largest absolute Gasteiger partial charge is 3.00 e. The summed E-state index contributed by atoms with van der Waals surface area (Å²) in [7, 11) is 0. The minimum Gasteiger partial charge on any atom is -0.549 e. The molecule has 4 aromatic rings. The number of carboxylic acid groups (broad SMARTS) is 3. The van der Waals surface area contributed by atoms with Crippen LogP contribution in [0.5, 0.6) is 0 Å². The predicted octanol–water partition coefficient (Wildman–Crippen LogP) is -2.37. The number of primary amides is 1. The van der Waals surface area contributed by atoms with Crippen molar-refractivity contribution in [2.24, 2.45) is 16.6 Å². The first-order chi connectivity index (χ1) is 46.5. The fourth-order valence-corrected chi connectivity index (χ4v) is 11.1. The van der Waals surface area contributed by atoms with Gasteiger partial charge < -0.3 is 78.1 Å². The Kier molecular flexibility index (Phi) is 38.1. The van der Waals surface area contributed by atoms with E-state index in [9.17, 15) is 68.1 Å². The van der Waals surface area contributed by atoms with Crippen LogP contribution in [0.2, 0.25) is 0 Å². The van der Waals surface area contributed by atoms with Crippen LogP contribution < -0.4 is 58.3 Å². The Morgan fingerprint density at radius 1 is 0.430 bits per heavy atom. The summed E-state index contributed by atoms with van der Waals surface area (Å²) in [5.41, 5.74) is 7.53. The zero-order valence-electron chi connectivity index (χ0n) is 58.0. The summed E-state index contributed by atoms with van der Waals surface area (Å²) in [6.45, 7) is 11.1. The molecule has 8 amide bonds. The van der Waals surface area contributed by atoms with Crippen molar-refractivity contribution in [1.82, 2.24) is 56.8 Å². The van der Waals surface area contributed by atoms with Crippen LogP contribution in [0.4, 0.5) is 0 Å². The fourth-order valence-electron chi connectivity index (χ4n) is 11.1. The Bertz CT molecular complexity index is 3260. The van der Waals surface area contributed by atoms with Crippen LogP contribution in [-0.2, 0) is 72.0 Å². The first-order valence-corrected chi connectivity index (χ1v) is 33.2. The molecule has 0 bridgehead atoms. The Morgan fingerprint density at radius 3 is 1.06 bits per heavy atom. The smallest absolute Gasteiger partial charge is 0.549 e. The molecular formula is C72H99GdN12O15. The number of nitrogens with one attached hydrogen (secondary N) is 7. The molecule has 545 valence electrons. The topological polar surface area (TPSA) is 412 Å². The van der Waals surface area contributed by atoms with Crippen LogP contribution in [0.25, 0.3) is 6.08 Å². The van der Waals surface area contributed by atoms with Crippen LogP contribution in [-0.4, -0.2) is 212 Å². The standard InChI is InChI=1S/C72H100N12O14.Gd.H2O/c1-71(2,3)44-58(79-66(94)55(41-51-23-13-8-14-24-51)75-60(85)31-30-50-21-11-7-12-22-50)69(97)78-57(43-53-27-17-10-18-28-53)68(96)80-59(45-72(4,5)6)70(98)77-56(42-52-25-15-9-16-26-52)67(95)76-54(65(73)93)29-19-20-32-74-61(86)46-81-33-35-82(47-62(87)88)37-39-84(49-64(91)92)40-38-83(36-34-81)48-63(89)90;;/h7-18,21-28,30-31,54-59H,19-20,29,32-49H2,1-6H3,(H2,73,93)(H,74,86)(H,75,85)(H,76,95)(H,77,98)(H,78,97)(H,79,94)(H,80,96)(H,87,88)(H,89,90)(H,91,92);;1H2/q;+3;/p-3/b31-30+;;/t54-,55-,56-,57-,58-,59-;;/m0../s1. The van der Waals surface area contributed by atoms with Crippen molar-refractivity contribution < 1.29 is 113 Å².